The van der Waals surface area contributed by atoms with Gasteiger partial charge in [-0.1, -0.05) is 40.0 Å². The number of ether oxygens (including phenoxy) is 1. The number of carbonyl (C=O) groups is 3. The number of aliphatic hydroxyl groups excluding tert-OH is 1. The van der Waals surface area contributed by atoms with Gasteiger partial charge in [0.2, 0.25) is 11.8 Å². The Balaban J connectivity index is 1.73. The summed E-state index contributed by atoms with van der Waals surface area (Å²) < 4.78 is 4.75. The van der Waals surface area contributed by atoms with E-state index in [4.69, 9.17) is 4.74 Å². The summed E-state index contributed by atoms with van der Waals surface area (Å²) in [4.78, 5) is 42.6. The fourth-order valence-electron chi connectivity index (χ4n) is 7.01. The quantitative estimate of drug-likeness (QED) is 0.519. The predicted octanol–water partition coefficient (Wildman–Crippen LogP) is 2.74. The highest BCUT2D eigenvalue weighted by Gasteiger charge is 2.76. The molecule has 186 valence electrons. The molecule has 3 aliphatic heterocycles. The molecule has 7 nitrogen and oxygen atoms in total. The maximum absolute atomic E-state index is 14.0. The van der Waals surface area contributed by atoms with Gasteiger partial charge in [0, 0.05) is 11.3 Å². The van der Waals surface area contributed by atoms with Gasteiger partial charge >= 0.3 is 5.97 Å². The van der Waals surface area contributed by atoms with Crippen LogP contribution in [0.3, 0.4) is 0 Å². The van der Waals surface area contributed by atoms with E-state index in [-0.39, 0.29) is 54.1 Å². The van der Waals surface area contributed by atoms with Crippen LogP contribution in [0.4, 0.5) is 0 Å². The van der Waals surface area contributed by atoms with E-state index >= 15 is 0 Å². The number of esters is 1. The zero-order valence-electron chi connectivity index (χ0n) is 20.4. The molecule has 8 heteroatoms. The lowest BCUT2D eigenvalue weighted by atomic mass is 9.66. The second kappa shape index (κ2) is 9.76. The number of nitrogens with zero attached hydrogens (tertiary/aromatic N) is 1. The first-order chi connectivity index (χ1) is 15.8. The number of nitrogens with one attached hydrogen (secondary N) is 1. The number of aliphatic hydroxyl groups is 1. The lowest BCUT2D eigenvalue weighted by molar-refractivity contribution is -0.154. The van der Waals surface area contributed by atoms with E-state index in [9.17, 15) is 19.5 Å². The minimum absolute atomic E-state index is 0.00203. The maximum Gasteiger partial charge on any atom is 0.310 e. The third-order valence-electron chi connectivity index (χ3n) is 8.29. The molecular formula is C25H40N2O5S. The molecule has 0 aromatic carbocycles. The van der Waals surface area contributed by atoms with Gasteiger partial charge < -0.3 is 20.1 Å². The van der Waals surface area contributed by atoms with Crippen molar-refractivity contribution >= 4 is 29.5 Å². The molecule has 1 aliphatic carbocycles. The van der Waals surface area contributed by atoms with Crippen molar-refractivity contribution < 1.29 is 24.2 Å². The number of fused-ring (bicyclic) bond motifs is 1. The van der Waals surface area contributed by atoms with Crippen molar-refractivity contribution in [1.82, 2.24) is 10.2 Å². The van der Waals surface area contributed by atoms with E-state index < -0.39 is 28.7 Å². The van der Waals surface area contributed by atoms with E-state index in [2.05, 4.69) is 26.1 Å². The SMILES string of the molecule is CCOC(=O)[C@@H]1[C@@H]2CC(C)C3(S2)C(C(=O)NC2CCCCC2)N([C@@H](CO)CC(C)C)C(=O)[C@H]13. The van der Waals surface area contributed by atoms with Gasteiger partial charge in [0.25, 0.3) is 0 Å². The Morgan fingerprint density at radius 1 is 1.27 bits per heavy atom. The number of thioether (sulfide) groups is 1. The average Bonchev–Trinajstić information content (AvgIpc) is 3.36. The summed E-state index contributed by atoms with van der Waals surface area (Å²) in [6.45, 7) is 8.11. The molecule has 0 aromatic rings. The molecule has 1 saturated carbocycles. The third kappa shape index (κ3) is 4.09. The number of amides is 2. The van der Waals surface area contributed by atoms with Crippen LogP contribution < -0.4 is 5.32 Å². The zero-order chi connectivity index (χ0) is 23.9. The van der Waals surface area contributed by atoms with Crippen LogP contribution in [-0.4, -0.2) is 69.1 Å². The van der Waals surface area contributed by atoms with E-state index in [1.165, 1.54) is 6.42 Å². The van der Waals surface area contributed by atoms with Gasteiger partial charge in [0.05, 0.1) is 35.8 Å². The van der Waals surface area contributed by atoms with Crippen LogP contribution in [0.2, 0.25) is 0 Å². The Morgan fingerprint density at radius 3 is 2.58 bits per heavy atom. The topological polar surface area (TPSA) is 95.9 Å². The van der Waals surface area contributed by atoms with Gasteiger partial charge in [0.1, 0.15) is 6.04 Å². The monoisotopic (exact) mass is 480 g/mol. The van der Waals surface area contributed by atoms with Crippen molar-refractivity contribution in [3.8, 4) is 0 Å². The Kier molecular flexibility index (Phi) is 7.35. The molecule has 0 radical (unpaired) electrons. The smallest absolute Gasteiger partial charge is 0.310 e. The molecule has 4 aliphatic rings. The van der Waals surface area contributed by atoms with Gasteiger partial charge in [-0.15, -0.1) is 11.8 Å². The third-order valence-corrected chi connectivity index (χ3v) is 10.4. The normalized spacial score (nSPS) is 36.8. The second-order valence-electron chi connectivity index (χ2n) is 10.9. The van der Waals surface area contributed by atoms with Crippen molar-refractivity contribution in [2.75, 3.05) is 13.2 Å². The summed E-state index contributed by atoms with van der Waals surface area (Å²) in [7, 11) is 0. The van der Waals surface area contributed by atoms with Crippen LogP contribution >= 0.6 is 11.8 Å². The number of likely N-dealkylation sites (tertiary alicyclic amines) is 1. The molecule has 33 heavy (non-hydrogen) atoms. The highest BCUT2D eigenvalue weighted by molar-refractivity contribution is 8.02. The van der Waals surface area contributed by atoms with Crippen molar-refractivity contribution in [3.05, 3.63) is 0 Å². The summed E-state index contributed by atoms with van der Waals surface area (Å²) in [6.07, 6.45) is 6.76. The molecule has 3 saturated heterocycles. The van der Waals surface area contributed by atoms with Gasteiger partial charge in [0.15, 0.2) is 0 Å². The number of hydrogen-bond acceptors (Lipinski definition) is 6. The molecule has 1 spiro atoms. The molecule has 7 atom stereocenters. The van der Waals surface area contributed by atoms with Gasteiger partial charge in [-0.05, 0) is 44.4 Å². The molecule has 2 amide bonds. The van der Waals surface area contributed by atoms with E-state index in [0.717, 1.165) is 32.1 Å². The van der Waals surface area contributed by atoms with Crippen molar-refractivity contribution in [1.29, 1.82) is 0 Å². The second-order valence-corrected chi connectivity index (χ2v) is 12.4. The Bertz CT molecular complexity index is 770. The van der Waals surface area contributed by atoms with Crippen molar-refractivity contribution in [2.24, 2.45) is 23.7 Å². The summed E-state index contributed by atoms with van der Waals surface area (Å²) >= 11 is 1.67. The van der Waals surface area contributed by atoms with Crippen LogP contribution in [0.5, 0.6) is 0 Å². The van der Waals surface area contributed by atoms with E-state index in [1.54, 1.807) is 23.6 Å². The first kappa shape index (κ1) is 24.8. The summed E-state index contributed by atoms with van der Waals surface area (Å²) in [5.74, 6) is -1.29. The molecule has 0 aromatic heterocycles. The molecular weight excluding hydrogens is 440 g/mol. The molecule has 2 N–H and O–H groups in total. The maximum atomic E-state index is 14.0. The summed E-state index contributed by atoms with van der Waals surface area (Å²) in [5, 5.41) is 13.6. The predicted molar refractivity (Wildman–Crippen MR) is 127 cm³/mol. The average molecular weight is 481 g/mol. The minimum Gasteiger partial charge on any atom is -0.466 e. The molecule has 3 heterocycles. The standard InChI is InChI=1S/C25H40N2O5S/c1-5-32-24(31)19-18-12-15(4)25(33-18)20(19)23(30)27(17(13-28)11-14(2)3)21(25)22(29)26-16-9-7-6-8-10-16/h14-21,28H,5-13H2,1-4H3,(H,26,29)/t15?,17-,18+,19-,20+,21?,25?/m1/s1. The van der Waals surface area contributed by atoms with Crippen molar-refractivity contribution in [2.45, 2.75) is 101 Å². The minimum atomic E-state index is -0.669. The Labute approximate surface area is 201 Å². The van der Waals surface area contributed by atoms with Crippen molar-refractivity contribution in [3.63, 3.8) is 0 Å². The highest BCUT2D eigenvalue weighted by atomic mass is 32.2. The zero-order valence-corrected chi connectivity index (χ0v) is 21.2. The lowest BCUT2D eigenvalue weighted by Gasteiger charge is -2.41. The number of rotatable bonds is 8. The first-order valence-corrected chi connectivity index (χ1v) is 13.7. The molecule has 3 unspecified atom stereocenters. The van der Waals surface area contributed by atoms with Gasteiger partial charge in [-0.3, -0.25) is 14.4 Å². The molecule has 4 fully saturated rings. The Hall–Kier alpha value is -1.28. The van der Waals surface area contributed by atoms with Crippen LogP contribution in [0.25, 0.3) is 0 Å². The van der Waals surface area contributed by atoms with E-state index in [1.807, 2.05) is 0 Å². The van der Waals surface area contributed by atoms with Gasteiger partial charge in [-0.25, -0.2) is 0 Å². The fraction of sp³-hybridized carbons (Fsp3) is 0.880. The van der Waals surface area contributed by atoms with E-state index in [0.29, 0.717) is 6.42 Å². The van der Waals surface area contributed by atoms with Crippen LogP contribution in [0.1, 0.15) is 72.6 Å². The van der Waals surface area contributed by atoms with Crippen LogP contribution in [-0.2, 0) is 19.1 Å². The summed E-state index contributed by atoms with van der Waals surface area (Å²) in [6, 6.07) is -0.970. The first-order valence-electron chi connectivity index (χ1n) is 12.8. The largest absolute Gasteiger partial charge is 0.466 e. The summed E-state index contributed by atoms with van der Waals surface area (Å²) in [5.41, 5.74) is 0. The van der Waals surface area contributed by atoms with Crippen LogP contribution in [0, 0.1) is 23.7 Å². The Morgan fingerprint density at radius 2 is 1.97 bits per heavy atom. The van der Waals surface area contributed by atoms with Gasteiger partial charge in [-0.2, -0.15) is 0 Å². The number of carbonyl (C=O) groups excluding carboxylic acids is 3. The van der Waals surface area contributed by atoms with Crippen LogP contribution in [0.15, 0.2) is 0 Å². The molecule has 2 bridgehead atoms. The molecule has 4 rings (SSSR count). The lowest BCUT2D eigenvalue weighted by Crippen LogP contribution is -2.59. The number of hydrogen-bond donors (Lipinski definition) is 2. The fourth-order valence-corrected chi connectivity index (χ4v) is 9.40. The highest BCUT2D eigenvalue weighted by Crippen LogP contribution is 2.69.